The van der Waals surface area contributed by atoms with Crippen LogP contribution in [0.25, 0.3) is 0 Å². The third-order valence-corrected chi connectivity index (χ3v) is 4.82. The predicted octanol–water partition coefficient (Wildman–Crippen LogP) is 2.27. The lowest BCUT2D eigenvalue weighted by molar-refractivity contribution is 0.281. The fourth-order valence-corrected chi connectivity index (χ4v) is 3.44. The van der Waals surface area contributed by atoms with Crippen molar-refractivity contribution >= 4 is 10.0 Å². The van der Waals surface area contributed by atoms with E-state index in [1.54, 1.807) is 37.3 Å². The molecule has 0 fully saturated rings. The second-order valence-corrected chi connectivity index (χ2v) is 6.81. The zero-order valence-electron chi connectivity index (χ0n) is 12.1. The van der Waals surface area contributed by atoms with Crippen LogP contribution in [0, 0.1) is 13.8 Å². The van der Waals surface area contributed by atoms with Crippen molar-refractivity contribution in [3.63, 3.8) is 0 Å². The van der Waals surface area contributed by atoms with Crippen LogP contribution in [-0.4, -0.2) is 13.5 Å². The summed E-state index contributed by atoms with van der Waals surface area (Å²) >= 11 is 0. The van der Waals surface area contributed by atoms with Crippen LogP contribution in [0.15, 0.2) is 47.4 Å². The standard InChI is InChI=1S/C16H19NO3S/c1-12-6-7-16(13(2)8-12)21(19,20)17-10-14-4-3-5-15(9-14)11-18/h3-9,17-18H,10-11H2,1-2H3. The first kappa shape index (κ1) is 15.7. The normalized spacial score (nSPS) is 11.6. The summed E-state index contributed by atoms with van der Waals surface area (Å²) in [6.07, 6.45) is 0. The van der Waals surface area contributed by atoms with Crippen LogP contribution in [-0.2, 0) is 23.2 Å². The molecule has 2 rings (SSSR count). The van der Waals surface area contributed by atoms with E-state index in [1.807, 2.05) is 19.1 Å². The SMILES string of the molecule is Cc1ccc(S(=O)(=O)NCc2cccc(CO)c2)c(C)c1. The monoisotopic (exact) mass is 305 g/mol. The van der Waals surface area contributed by atoms with Gasteiger partial charge in [-0.1, -0.05) is 42.0 Å². The van der Waals surface area contributed by atoms with Crippen molar-refractivity contribution in [2.45, 2.75) is 31.9 Å². The number of aliphatic hydroxyl groups excluding tert-OH is 1. The van der Waals surface area contributed by atoms with Gasteiger partial charge in [0, 0.05) is 6.54 Å². The molecule has 0 heterocycles. The number of nitrogens with one attached hydrogen (secondary N) is 1. The van der Waals surface area contributed by atoms with Crippen molar-refractivity contribution in [2.24, 2.45) is 0 Å². The molecule has 0 spiro atoms. The quantitative estimate of drug-likeness (QED) is 0.890. The Morgan fingerprint density at radius 2 is 1.76 bits per heavy atom. The number of aliphatic hydroxyl groups is 1. The predicted molar refractivity (Wildman–Crippen MR) is 82.3 cm³/mol. The van der Waals surface area contributed by atoms with Crippen molar-refractivity contribution in [2.75, 3.05) is 0 Å². The van der Waals surface area contributed by atoms with E-state index in [0.717, 1.165) is 22.3 Å². The molecule has 0 unspecified atom stereocenters. The lowest BCUT2D eigenvalue weighted by Gasteiger charge is -2.10. The summed E-state index contributed by atoms with van der Waals surface area (Å²) in [5.41, 5.74) is 3.34. The van der Waals surface area contributed by atoms with Crippen LogP contribution in [0.1, 0.15) is 22.3 Å². The van der Waals surface area contributed by atoms with Gasteiger partial charge in [0.25, 0.3) is 0 Å². The van der Waals surface area contributed by atoms with E-state index in [9.17, 15) is 8.42 Å². The molecule has 0 saturated heterocycles. The molecule has 0 amide bonds. The Kier molecular flexibility index (Phi) is 4.77. The molecule has 0 saturated carbocycles. The largest absolute Gasteiger partial charge is 0.392 e. The average Bonchev–Trinajstić information content (AvgIpc) is 2.45. The van der Waals surface area contributed by atoms with E-state index in [0.29, 0.717) is 4.90 Å². The summed E-state index contributed by atoms with van der Waals surface area (Å²) in [5, 5.41) is 9.09. The summed E-state index contributed by atoms with van der Waals surface area (Å²) in [6, 6.07) is 12.5. The maximum absolute atomic E-state index is 12.3. The molecular formula is C16H19NO3S. The third-order valence-electron chi connectivity index (χ3n) is 3.26. The minimum Gasteiger partial charge on any atom is -0.392 e. The Balaban J connectivity index is 2.17. The highest BCUT2D eigenvalue weighted by molar-refractivity contribution is 7.89. The molecule has 0 aliphatic rings. The summed E-state index contributed by atoms with van der Waals surface area (Å²) < 4.78 is 27.3. The van der Waals surface area contributed by atoms with E-state index in [1.165, 1.54) is 0 Å². The Morgan fingerprint density at radius 1 is 1.05 bits per heavy atom. The van der Waals surface area contributed by atoms with E-state index in [-0.39, 0.29) is 13.2 Å². The highest BCUT2D eigenvalue weighted by atomic mass is 32.2. The van der Waals surface area contributed by atoms with E-state index < -0.39 is 10.0 Å². The Morgan fingerprint density at radius 3 is 2.43 bits per heavy atom. The summed E-state index contributed by atoms with van der Waals surface area (Å²) in [4.78, 5) is 0.298. The molecule has 2 N–H and O–H groups in total. The molecule has 112 valence electrons. The van der Waals surface area contributed by atoms with Crippen LogP contribution in [0.2, 0.25) is 0 Å². The topological polar surface area (TPSA) is 66.4 Å². The molecule has 0 atom stereocenters. The van der Waals surface area contributed by atoms with Crippen LogP contribution in [0.5, 0.6) is 0 Å². The molecule has 0 aromatic heterocycles. The minimum atomic E-state index is -3.54. The number of hydrogen-bond acceptors (Lipinski definition) is 3. The van der Waals surface area contributed by atoms with Crippen molar-refractivity contribution in [3.05, 3.63) is 64.7 Å². The number of aryl methyl sites for hydroxylation is 2. The smallest absolute Gasteiger partial charge is 0.241 e. The summed E-state index contributed by atoms with van der Waals surface area (Å²) in [6.45, 7) is 3.85. The molecule has 21 heavy (non-hydrogen) atoms. The fraction of sp³-hybridized carbons (Fsp3) is 0.250. The minimum absolute atomic E-state index is 0.0579. The van der Waals surface area contributed by atoms with Crippen molar-refractivity contribution in [1.82, 2.24) is 4.72 Å². The molecular weight excluding hydrogens is 286 g/mol. The van der Waals surface area contributed by atoms with E-state index >= 15 is 0 Å². The maximum Gasteiger partial charge on any atom is 0.241 e. The molecule has 2 aromatic carbocycles. The first-order valence-electron chi connectivity index (χ1n) is 6.68. The number of hydrogen-bond donors (Lipinski definition) is 2. The van der Waals surface area contributed by atoms with Gasteiger partial charge in [0.1, 0.15) is 0 Å². The molecule has 0 aliphatic heterocycles. The Hall–Kier alpha value is -1.69. The lowest BCUT2D eigenvalue weighted by Crippen LogP contribution is -2.24. The molecule has 0 radical (unpaired) electrons. The third kappa shape index (κ3) is 3.91. The van der Waals surface area contributed by atoms with E-state index in [4.69, 9.17) is 5.11 Å². The maximum atomic E-state index is 12.3. The molecule has 4 nitrogen and oxygen atoms in total. The highest BCUT2D eigenvalue weighted by Gasteiger charge is 2.16. The van der Waals surface area contributed by atoms with Crippen LogP contribution < -0.4 is 4.72 Å². The van der Waals surface area contributed by atoms with Crippen molar-refractivity contribution in [3.8, 4) is 0 Å². The van der Waals surface area contributed by atoms with Gasteiger partial charge in [-0.25, -0.2) is 13.1 Å². The first-order valence-corrected chi connectivity index (χ1v) is 8.16. The Bertz CT molecular complexity index is 739. The van der Waals surface area contributed by atoms with E-state index in [2.05, 4.69) is 4.72 Å². The van der Waals surface area contributed by atoms with Gasteiger partial charge < -0.3 is 5.11 Å². The van der Waals surface area contributed by atoms with Gasteiger partial charge in [0.2, 0.25) is 10.0 Å². The first-order chi connectivity index (χ1) is 9.92. The Labute approximate surface area is 125 Å². The molecule has 0 aliphatic carbocycles. The zero-order valence-corrected chi connectivity index (χ0v) is 12.9. The second kappa shape index (κ2) is 6.39. The van der Waals surface area contributed by atoms with Gasteiger partial charge in [-0.05, 0) is 36.6 Å². The molecule has 5 heteroatoms. The van der Waals surface area contributed by atoms with Gasteiger partial charge in [0.15, 0.2) is 0 Å². The number of benzene rings is 2. The van der Waals surface area contributed by atoms with Gasteiger partial charge in [-0.15, -0.1) is 0 Å². The van der Waals surface area contributed by atoms with Gasteiger partial charge in [-0.3, -0.25) is 0 Å². The van der Waals surface area contributed by atoms with Gasteiger partial charge >= 0.3 is 0 Å². The zero-order chi connectivity index (χ0) is 15.5. The van der Waals surface area contributed by atoms with Crippen LogP contribution >= 0.6 is 0 Å². The summed E-state index contributed by atoms with van der Waals surface area (Å²) in [5.74, 6) is 0. The number of sulfonamides is 1. The number of rotatable bonds is 5. The summed E-state index contributed by atoms with van der Waals surface area (Å²) in [7, 11) is -3.54. The fourth-order valence-electron chi connectivity index (χ4n) is 2.19. The molecule has 2 aromatic rings. The van der Waals surface area contributed by atoms with Crippen LogP contribution in [0.3, 0.4) is 0 Å². The van der Waals surface area contributed by atoms with Gasteiger partial charge in [-0.2, -0.15) is 0 Å². The molecule has 0 bridgehead atoms. The van der Waals surface area contributed by atoms with Crippen LogP contribution in [0.4, 0.5) is 0 Å². The average molecular weight is 305 g/mol. The van der Waals surface area contributed by atoms with Crippen molar-refractivity contribution < 1.29 is 13.5 Å². The highest BCUT2D eigenvalue weighted by Crippen LogP contribution is 2.16. The second-order valence-electron chi connectivity index (χ2n) is 5.07. The lowest BCUT2D eigenvalue weighted by atomic mass is 10.1. The van der Waals surface area contributed by atoms with Gasteiger partial charge in [0.05, 0.1) is 11.5 Å². The van der Waals surface area contributed by atoms with Crippen molar-refractivity contribution in [1.29, 1.82) is 0 Å².